The molecule has 15 heteroatoms. The lowest BCUT2D eigenvalue weighted by Gasteiger charge is -2.42. The second-order valence-corrected chi connectivity index (χ2v) is 9.02. The van der Waals surface area contributed by atoms with Gasteiger partial charge >= 0.3 is 24.3 Å². The second-order valence-electron chi connectivity index (χ2n) is 9.02. The summed E-state index contributed by atoms with van der Waals surface area (Å²) in [5.41, 5.74) is 2.94. The number of rotatable bonds is 6. The van der Waals surface area contributed by atoms with Crippen LogP contribution in [0.15, 0.2) is 6.20 Å². The molecule has 9 nitrogen and oxygen atoms in total. The first-order chi connectivity index (χ1) is 17.1. The van der Waals surface area contributed by atoms with Crippen LogP contribution in [0.2, 0.25) is 0 Å². The summed E-state index contributed by atoms with van der Waals surface area (Å²) in [5, 5.41) is 25.1. The first-order valence-electron chi connectivity index (χ1n) is 11.7. The van der Waals surface area contributed by atoms with Crippen molar-refractivity contribution in [2.45, 2.75) is 75.4 Å². The summed E-state index contributed by atoms with van der Waals surface area (Å²) >= 11 is 0. The van der Waals surface area contributed by atoms with E-state index < -0.39 is 24.3 Å². The topological polar surface area (TPSA) is 128 Å². The molecule has 1 spiro atoms. The smallest absolute Gasteiger partial charge is 0.475 e. The molecule has 1 aliphatic carbocycles. The zero-order valence-electron chi connectivity index (χ0n) is 20.7. The Kier molecular flexibility index (Phi) is 12.8. The monoisotopic (exact) mass is 548 g/mol. The maximum Gasteiger partial charge on any atom is 0.490 e. The number of hydrogen-bond donors (Lipinski definition) is 4. The van der Waals surface area contributed by atoms with Crippen molar-refractivity contribution < 1.29 is 50.9 Å². The number of aromatic nitrogens is 2. The third kappa shape index (κ3) is 11.7. The minimum Gasteiger partial charge on any atom is -0.475 e. The van der Waals surface area contributed by atoms with Gasteiger partial charge in [-0.15, -0.1) is 0 Å². The van der Waals surface area contributed by atoms with E-state index in [9.17, 15) is 26.3 Å². The van der Waals surface area contributed by atoms with Gasteiger partial charge in [0.1, 0.15) is 0 Å². The molecule has 1 saturated carbocycles. The van der Waals surface area contributed by atoms with Gasteiger partial charge < -0.3 is 25.2 Å². The van der Waals surface area contributed by atoms with Crippen LogP contribution in [0.25, 0.3) is 0 Å². The second kappa shape index (κ2) is 14.5. The highest BCUT2D eigenvalue weighted by Gasteiger charge is 2.39. The summed E-state index contributed by atoms with van der Waals surface area (Å²) in [6.45, 7) is 4.03. The van der Waals surface area contributed by atoms with Gasteiger partial charge in [0.2, 0.25) is 0 Å². The van der Waals surface area contributed by atoms with E-state index in [-0.39, 0.29) is 5.60 Å². The molecule has 0 radical (unpaired) electrons. The molecule has 0 amide bonds. The molecule has 0 bridgehead atoms. The molecule has 1 aromatic heterocycles. The van der Waals surface area contributed by atoms with Gasteiger partial charge in [0.25, 0.3) is 0 Å². The van der Waals surface area contributed by atoms with Crippen molar-refractivity contribution in [2.75, 3.05) is 33.8 Å². The number of alkyl halides is 6. The van der Waals surface area contributed by atoms with Crippen molar-refractivity contribution in [3.63, 3.8) is 0 Å². The number of H-pyrrole nitrogens is 1. The summed E-state index contributed by atoms with van der Waals surface area (Å²) in [6, 6.07) is 0. The molecule has 1 saturated heterocycles. The number of ether oxygens (including phenoxy) is 1. The van der Waals surface area contributed by atoms with Crippen LogP contribution in [0.3, 0.4) is 0 Å². The fourth-order valence-electron chi connectivity index (χ4n) is 4.21. The van der Waals surface area contributed by atoms with Crippen LogP contribution in [-0.4, -0.2) is 89.0 Å². The highest BCUT2D eigenvalue weighted by Crippen LogP contribution is 2.44. The van der Waals surface area contributed by atoms with Gasteiger partial charge in [-0.05, 0) is 59.0 Å². The van der Waals surface area contributed by atoms with Crippen LogP contribution in [0, 0.1) is 0 Å². The normalized spacial score (nSPS) is 22.0. The maximum absolute atomic E-state index is 10.6. The minimum absolute atomic E-state index is 0.207. The summed E-state index contributed by atoms with van der Waals surface area (Å²) in [4.78, 5) is 20.2. The van der Waals surface area contributed by atoms with Gasteiger partial charge in [-0.3, -0.25) is 5.10 Å². The van der Waals surface area contributed by atoms with Gasteiger partial charge in [0, 0.05) is 43.4 Å². The number of likely N-dealkylation sites (N-methyl/N-ethyl adjacent to an activating group) is 2. The van der Waals surface area contributed by atoms with Gasteiger partial charge in [0.05, 0.1) is 11.8 Å². The lowest BCUT2D eigenvalue weighted by Crippen LogP contribution is -2.39. The lowest BCUT2D eigenvalue weighted by atomic mass is 9.74. The Morgan fingerprint density at radius 1 is 1.11 bits per heavy atom. The van der Waals surface area contributed by atoms with Gasteiger partial charge in [-0.1, -0.05) is 0 Å². The van der Waals surface area contributed by atoms with E-state index in [4.69, 9.17) is 24.5 Å². The summed E-state index contributed by atoms with van der Waals surface area (Å²) in [6.07, 6.45) is 0.600. The average Bonchev–Trinajstić information content (AvgIpc) is 3.26. The third-order valence-electron chi connectivity index (χ3n) is 6.16. The lowest BCUT2D eigenvalue weighted by molar-refractivity contribution is -0.193. The average molecular weight is 549 g/mol. The van der Waals surface area contributed by atoms with Crippen molar-refractivity contribution in [2.24, 2.45) is 0 Å². The predicted octanol–water partition coefficient (Wildman–Crippen LogP) is 3.92. The highest BCUT2D eigenvalue weighted by molar-refractivity contribution is 5.73. The molecule has 1 aliphatic heterocycles. The van der Waals surface area contributed by atoms with Crippen LogP contribution in [0.5, 0.6) is 0 Å². The number of nitrogens with one attached hydrogen (secondary N) is 2. The molecule has 0 atom stereocenters. The first-order valence-corrected chi connectivity index (χ1v) is 11.7. The molecule has 0 unspecified atom stereocenters. The minimum atomic E-state index is -5.08. The molecule has 37 heavy (non-hydrogen) atoms. The predicted molar refractivity (Wildman–Crippen MR) is 120 cm³/mol. The van der Waals surface area contributed by atoms with E-state index in [2.05, 4.69) is 27.5 Å². The molecule has 4 N–H and O–H groups in total. The SMILES string of the molecule is CNCCN(C)Cc1cn[nH]c1C1CCC2(CCCCO2)CC1.O=C(O)C(F)(F)F.O=C(O)C(F)(F)F. The Morgan fingerprint density at radius 2 is 1.65 bits per heavy atom. The van der Waals surface area contributed by atoms with E-state index in [1.807, 2.05) is 13.2 Å². The van der Waals surface area contributed by atoms with Crippen LogP contribution in [0.1, 0.15) is 62.1 Å². The molecule has 3 rings (SSSR count). The number of carboxylic acid groups (broad SMARTS) is 2. The molecule has 214 valence electrons. The van der Waals surface area contributed by atoms with E-state index in [1.165, 1.54) is 56.2 Å². The van der Waals surface area contributed by atoms with Crippen molar-refractivity contribution in [1.82, 2.24) is 20.4 Å². The Morgan fingerprint density at radius 3 is 2.08 bits per heavy atom. The van der Waals surface area contributed by atoms with Crippen LogP contribution >= 0.6 is 0 Å². The van der Waals surface area contributed by atoms with Crippen LogP contribution < -0.4 is 5.32 Å². The molecule has 2 fully saturated rings. The van der Waals surface area contributed by atoms with Crippen molar-refractivity contribution in [3.05, 3.63) is 17.5 Å². The van der Waals surface area contributed by atoms with E-state index >= 15 is 0 Å². The standard InChI is InChI=1S/C18H32N4O.2C2HF3O2/c1-19-10-11-22(2)14-16-13-20-21-17(16)15-5-8-18(9-6-15)7-3-4-12-23-18;2*3-2(4,5)1(6)7/h13,15,19H,3-12,14H2,1-2H3,(H,20,21);2*(H,6,7). The Bertz CT molecular complexity index is 806. The number of aromatic amines is 1. The van der Waals surface area contributed by atoms with Gasteiger partial charge in [0.15, 0.2) is 0 Å². The third-order valence-corrected chi connectivity index (χ3v) is 6.16. The zero-order chi connectivity index (χ0) is 28.3. The van der Waals surface area contributed by atoms with E-state index in [0.717, 1.165) is 26.2 Å². The number of nitrogens with zero attached hydrogens (tertiary/aromatic N) is 2. The van der Waals surface area contributed by atoms with Crippen molar-refractivity contribution in [1.29, 1.82) is 0 Å². The van der Waals surface area contributed by atoms with Crippen molar-refractivity contribution in [3.8, 4) is 0 Å². The Labute approximate surface area is 210 Å². The van der Waals surface area contributed by atoms with Crippen molar-refractivity contribution >= 4 is 11.9 Å². The largest absolute Gasteiger partial charge is 0.490 e. The molecule has 0 aromatic carbocycles. The highest BCUT2D eigenvalue weighted by atomic mass is 19.4. The molecule has 1 aromatic rings. The zero-order valence-corrected chi connectivity index (χ0v) is 20.7. The molecular weight excluding hydrogens is 514 g/mol. The number of carbonyl (C=O) groups is 2. The molecule has 2 heterocycles. The number of carboxylic acids is 2. The van der Waals surface area contributed by atoms with E-state index in [0.29, 0.717) is 5.92 Å². The summed E-state index contributed by atoms with van der Waals surface area (Å²) in [5.74, 6) is -4.89. The number of hydrogen-bond acceptors (Lipinski definition) is 6. The fourth-order valence-corrected chi connectivity index (χ4v) is 4.21. The molecule has 2 aliphatic rings. The Balaban J connectivity index is 0.000000404. The number of halogens is 6. The van der Waals surface area contributed by atoms with Crippen LogP contribution in [0.4, 0.5) is 26.3 Å². The van der Waals surface area contributed by atoms with Crippen LogP contribution in [-0.2, 0) is 20.9 Å². The van der Waals surface area contributed by atoms with Gasteiger partial charge in [-0.2, -0.15) is 31.4 Å². The quantitative estimate of drug-likeness (QED) is 0.394. The first kappa shape index (κ1) is 32.6. The molecular formula is C22H34F6N4O5. The summed E-state index contributed by atoms with van der Waals surface area (Å²) < 4.78 is 69.6. The maximum atomic E-state index is 10.6. The van der Waals surface area contributed by atoms with E-state index in [1.54, 1.807) is 0 Å². The number of aliphatic carboxylic acids is 2. The Hall–Kier alpha value is -2.39. The fraction of sp³-hybridized carbons (Fsp3) is 0.773. The summed E-state index contributed by atoms with van der Waals surface area (Å²) in [7, 11) is 4.18. The van der Waals surface area contributed by atoms with Gasteiger partial charge in [-0.25, -0.2) is 9.59 Å².